The van der Waals surface area contributed by atoms with E-state index in [4.69, 9.17) is 0 Å². The van der Waals surface area contributed by atoms with E-state index < -0.39 is 0 Å². The van der Waals surface area contributed by atoms with Crippen molar-refractivity contribution in [3.8, 4) is 5.75 Å². The van der Waals surface area contributed by atoms with Crippen molar-refractivity contribution in [3.63, 3.8) is 0 Å². The normalized spacial score (nSPS) is 18.3. The molecule has 100 valence electrons. The molecule has 0 saturated heterocycles. The highest BCUT2D eigenvalue weighted by Gasteiger charge is 2.25. The Balaban J connectivity index is 2.05. The van der Waals surface area contributed by atoms with Crippen LogP contribution in [0.5, 0.6) is 5.75 Å². The van der Waals surface area contributed by atoms with Crippen LogP contribution in [0.1, 0.15) is 38.2 Å². The number of rotatable bonds is 6. The van der Waals surface area contributed by atoms with Crippen molar-refractivity contribution in [2.45, 2.75) is 37.5 Å². The van der Waals surface area contributed by atoms with E-state index in [1.54, 1.807) is 6.07 Å². The van der Waals surface area contributed by atoms with E-state index in [1.165, 1.54) is 36.4 Å². The summed E-state index contributed by atoms with van der Waals surface area (Å²) < 4.78 is 0. The van der Waals surface area contributed by atoms with Gasteiger partial charge in [-0.2, -0.15) is 0 Å². The zero-order valence-corrected chi connectivity index (χ0v) is 12.2. The van der Waals surface area contributed by atoms with E-state index in [9.17, 15) is 5.11 Å². The minimum atomic E-state index is 0.402. The van der Waals surface area contributed by atoms with Gasteiger partial charge in [-0.25, -0.2) is 0 Å². The molecule has 0 aliphatic carbocycles. The molecule has 1 aromatic carbocycles. The van der Waals surface area contributed by atoms with Gasteiger partial charge in [0.05, 0.1) is 0 Å². The molecule has 0 aromatic heterocycles. The lowest BCUT2D eigenvalue weighted by Gasteiger charge is -2.24. The topological polar surface area (TPSA) is 23.5 Å². The van der Waals surface area contributed by atoms with Gasteiger partial charge in [0.2, 0.25) is 0 Å². The summed E-state index contributed by atoms with van der Waals surface area (Å²) in [6.45, 7) is 7.98. The predicted molar refractivity (Wildman–Crippen MR) is 78.6 cm³/mol. The molecule has 0 amide bonds. The average molecular weight is 265 g/mol. The van der Waals surface area contributed by atoms with Crippen LogP contribution in [0.25, 0.3) is 0 Å². The molecule has 0 spiro atoms. The van der Waals surface area contributed by atoms with E-state index in [0.717, 1.165) is 12.3 Å². The molecule has 2 rings (SSSR count). The fourth-order valence-corrected chi connectivity index (χ4v) is 3.88. The minimum absolute atomic E-state index is 0.402. The van der Waals surface area contributed by atoms with Crippen LogP contribution >= 0.6 is 11.8 Å². The first-order chi connectivity index (χ1) is 8.74. The summed E-state index contributed by atoms with van der Waals surface area (Å²) in [7, 11) is 0. The summed E-state index contributed by atoms with van der Waals surface area (Å²) in [6.07, 6.45) is 2.43. The van der Waals surface area contributed by atoms with Gasteiger partial charge in [0.1, 0.15) is 5.75 Å². The molecule has 1 heterocycles. The lowest BCUT2D eigenvalue weighted by atomic mass is 10.00. The maximum absolute atomic E-state index is 9.63. The minimum Gasteiger partial charge on any atom is -0.508 e. The highest BCUT2D eigenvalue weighted by Crippen LogP contribution is 2.41. The molecule has 0 saturated carbocycles. The highest BCUT2D eigenvalue weighted by molar-refractivity contribution is 7.99. The van der Waals surface area contributed by atoms with Gasteiger partial charge in [-0.1, -0.05) is 13.8 Å². The maximum Gasteiger partial charge on any atom is 0.115 e. The number of hydrogen-bond acceptors (Lipinski definition) is 3. The predicted octanol–water partition coefficient (Wildman–Crippen LogP) is 3.70. The number of fused-ring (bicyclic) bond motifs is 1. The Morgan fingerprint density at radius 2 is 2.00 bits per heavy atom. The van der Waals surface area contributed by atoms with Crippen LogP contribution in [-0.4, -0.2) is 35.4 Å². The van der Waals surface area contributed by atoms with Crippen LogP contribution in [0, 0.1) is 0 Å². The number of phenols is 1. The molecule has 1 aliphatic rings. The van der Waals surface area contributed by atoms with Crippen molar-refractivity contribution in [3.05, 3.63) is 23.8 Å². The van der Waals surface area contributed by atoms with Crippen LogP contribution in [0.2, 0.25) is 0 Å². The largest absolute Gasteiger partial charge is 0.508 e. The quantitative estimate of drug-likeness (QED) is 0.848. The highest BCUT2D eigenvalue weighted by atomic mass is 32.2. The summed E-state index contributed by atoms with van der Waals surface area (Å²) in [6, 6.07) is 5.81. The van der Waals surface area contributed by atoms with Crippen molar-refractivity contribution >= 4 is 11.8 Å². The number of hydrogen-bond donors (Lipinski definition) is 1. The summed E-state index contributed by atoms with van der Waals surface area (Å²) in [5.74, 6) is 2.14. The van der Waals surface area contributed by atoms with Gasteiger partial charge in [0.15, 0.2) is 0 Å². The van der Waals surface area contributed by atoms with Crippen LogP contribution in [0.3, 0.4) is 0 Å². The van der Waals surface area contributed by atoms with E-state index in [0.29, 0.717) is 11.7 Å². The SMILES string of the molecule is CCCN(CCC)CC1CSc2ccc(O)cc21. The molecule has 0 bridgehead atoms. The monoisotopic (exact) mass is 265 g/mol. The van der Waals surface area contributed by atoms with E-state index in [1.807, 2.05) is 17.8 Å². The second-order valence-corrected chi connectivity index (χ2v) is 6.09. The van der Waals surface area contributed by atoms with Gasteiger partial charge < -0.3 is 10.0 Å². The molecule has 1 aromatic rings. The summed E-state index contributed by atoms with van der Waals surface area (Å²) in [4.78, 5) is 3.91. The number of phenolic OH excluding ortho intramolecular Hbond substituents is 1. The van der Waals surface area contributed by atoms with Crippen LogP contribution in [0.4, 0.5) is 0 Å². The second-order valence-electron chi connectivity index (χ2n) is 5.03. The molecular formula is C15H23NOS. The molecular weight excluding hydrogens is 242 g/mol. The zero-order chi connectivity index (χ0) is 13.0. The zero-order valence-electron chi connectivity index (χ0n) is 11.4. The third-order valence-electron chi connectivity index (χ3n) is 3.43. The summed E-state index contributed by atoms with van der Waals surface area (Å²) >= 11 is 1.93. The van der Waals surface area contributed by atoms with E-state index in [-0.39, 0.29) is 0 Å². The first-order valence-electron chi connectivity index (χ1n) is 6.92. The molecule has 1 unspecified atom stereocenters. The molecule has 2 nitrogen and oxygen atoms in total. The first kappa shape index (κ1) is 13.8. The van der Waals surface area contributed by atoms with E-state index >= 15 is 0 Å². The first-order valence-corrected chi connectivity index (χ1v) is 7.91. The van der Waals surface area contributed by atoms with Gasteiger partial charge >= 0.3 is 0 Å². The van der Waals surface area contributed by atoms with Gasteiger partial charge in [0, 0.05) is 23.1 Å². The third-order valence-corrected chi connectivity index (χ3v) is 4.68. The van der Waals surface area contributed by atoms with Crippen LogP contribution in [0.15, 0.2) is 23.1 Å². The molecule has 0 radical (unpaired) electrons. The summed E-state index contributed by atoms with van der Waals surface area (Å²) in [5.41, 5.74) is 1.34. The van der Waals surface area contributed by atoms with Crippen molar-refractivity contribution in [1.29, 1.82) is 0 Å². The van der Waals surface area contributed by atoms with Gasteiger partial charge in [-0.15, -0.1) is 11.8 Å². The summed E-state index contributed by atoms with van der Waals surface area (Å²) in [5, 5.41) is 9.63. The molecule has 1 atom stereocenters. The fraction of sp³-hybridized carbons (Fsp3) is 0.600. The third kappa shape index (κ3) is 3.21. The number of nitrogens with zero attached hydrogens (tertiary/aromatic N) is 1. The van der Waals surface area contributed by atoms with Crippen molar-refractivity contribution in [2.75, 3.05) is 25.4 Å². The van der Waals surface area contributed by atoms with Crippen LogP contribution in [-0.2, 0) is 0 Å². The number of aromatic hydroxyl groups is 1. The molecule has 18 heavy (non-hydrogen) atoms. The van der Waals surface area contributed by atoms with Crippen molar-refractivity contribution < 1.29 is 5.11 Å². The Hall–Kier alpha value is -0.670. The average Bonchev–Trinajstić information content (AvgIpc) is 2.73. The van der Waals surface area contributed by atoms with Gasteiger partial charge in [-0.3, -0.25) is 0 Å². The Kier molecular flexibility index (Phi) is 4.95. The lowest BCUT2D eigenvalue weighted by molar-refractivity contribution is 0.263. The Labute approximate surface area is 114 Å². The Morgan fingerprint density at radius 3 is 2.67 bits per heavy atom. The van der Waals surface area contributed by atoms with E-state index in [2.05, 4.69) is 24.8 Å². The maximum atomic E-state index is 9.63. The van der Waals surface area contributed by atoms with Crippen LogP contribution < -0.4 is 0 Å². The van der Waals surface area contributed by atoms with Crippen molar-refractivity contribution in [1.82, 2.24) is 4.90 Å². The molecule has 3 heteroatoms. The number of benzene rings is 1. The Bertz CT molecular complexity index is 388. The molecule has 0 fully saturated rings. The van der Waals surface area contributed by atoms with Gasteiger partial charge in [0.25, 0.3) is 0 Å². The lowest BCUT2D eigenvalue weighted by Crippen LogP contribution is -2.30. The standard InChI is InChI=1S/C15H23NOS/c1-3-7-16(8-4-2)10-12-11-18-15-6-5-13(17)9-14(12)15/h5-6,9,12,17H,3-4,7-8,10-11H2,1-2H3. The smallest absolute Gasteiger partial charge is 0.115 e. The number of thioether (sulfide) groups is 1. The van der Waals surface area contributed by atoms with Crippen molar-refractivity contribution in [2.24, 2.45) is 0 Å². The second kappa shape index (κ2) is 6.48. The van der Waals surface area contributed by atoms with Gasteiger partial charge in [-0.05, 0) is 49.7 Å². The Morgan fingerprint density at radius 1 is 1.28 bits per heavy atom. The fourth-order valence-electron chi connectivity index (χ4n) is 2.66. The molecule has 1 N–H and O–H groups in total. The molecule has 1 aliphatic heterocycles.